The Kier molecular flexibility index (Phi) is 4.46. The Morgan fingerprint density at radius 2 is 2.19 bits per heavy atom. The van der Waals surface area contributed by atoms with E-state index in [1.807, 2.05) is 6.92 Å². The number of aliphatic hydroxyl groups is 2. The molecular formula is C12H17NO3. The van der Waals surface area contributed by atoms with Crippen molar-refractivity contribution in [1.82, 2.24) is 0 Å². The smallest absolute Gasteiger partial charge is 0.150 e. The molecule has 0 spiro atoms. The zero-order valence-electron chi connectivity index (χ0n) is 9.26. The minimum Gasteiger partial charge on any atom is -0.399 e. The summed E-state index contributed by atoms with van der Waals surface area (Å²) in [5, 5.41) is 18.6. The fraction of sp³-hybridized carbons (Fsp3) is 0.417. The molecule has 4 heteroatoms. The largest absolute Gasteiger partial charge is 0.399 e. The average molecular weight is 223 g/mol. The molecule has 0 aliphatic carbocycles. The van der Waals surface area contributed by atoms with E-state index < -0.39 is 6.10 Å². The van der Waals surface area contributed by atoms with Crippen LogP contribution in [0.1, 0.15) is 35.2 Å². The molecule has 16 heavy (non-hydrogen) atoms. The molecule has 0 aromatic heterocycles. The number of carbonyl (C=O) groups excluding carboxylic acids is 1. The van der Waals surface area contributed by atoms with E-state index in [2.05, 4.69) is 0 Å². The van der Waals surface area contributed by atoms with Crippen LogP contribution < -0.4 is 5.73 Å². The number of hydrogen-bond acceptors (Lipinski definition) is 4. The predicted molar refractivity (Wildman–Crippen MR) is 62.4 cm³/mol. The van der Waals surface area contributed by atoms with Crippen LogP contribution in [0.4, 0.5) is 5.69 Å². The van der Waals surface area contributed by atoms with Gasteiger partial charge in [0, 0.05) is 17.2 Å². The van der Waals surface area contributed by atoms with Crippen molar-refractivity contribution in [3.05, 3.63) is 29.3 Å². The van der Waals surface area contributed by atoms with Gasteiger partial charge in [-0.3, -0.25) is 4.79 Å². The predicted octanol–water partition coefficient (Wildman–Crippen LogP) is 0.928. The molecule has 0 aliphatic heterocycles. The number of nitrogens with two attached hydrogens (primary N) is 1. The van der Waals surface area contributed by atoms with Crippen LogP contribution in [-0.2, 0) is 0 Å². The number of carbonyl (C=O) groups is 1. The molecule has 88 valence electrons. The molecule has 4 N–H and O–H groups in total. The topological polar surface area (TPSA) is 83.6 Å². The number of anilines is 1. The van der Waals surface area contributed by atoms with Crippen molar-refractivity contribution in [2.45, 2.75) is 25.4 Å². The minimum atomic E-state index is -0.870. The standard InChI is InChI=1S/C12H17NO3/c1-2-10(12(16)7-15)11-5-9(13)4-3-8(11)6-14/h3-6,10,12,15-16H,2,7,13H2,1H3. The Balaban J connectivity index is 3.16. The van der Waals surface area contributed by atoms with Gasteiger partial charge in [0.15, 0.2) is 0 Å². The lowest BCUT2D eigenvalue weighted by Crippen LogP contribution is -2.23. The summed E-state index contributed by atoms with van der Waals surface area (Å²) in [5.74, 6) is -0.270. The molecule has 0 fully saturated rings. The molecular weight excluding hydrogens is 206 g/mol. The van der Waals surface area contributed by atoms with Gasteiger partial charge in [-0.15, -0.1) is 0 Å². The maximum absolute atomic E-state index is 10.9. The summed E-state index contributed by atoms with van der Waals surface area (Å²) >= 11 is 0. The highest BCUT2D eigenvalue weighted by atomic mass is 16.3. The fourth-order valence-corrected chi connectivity index (χ4v) is 1.85. The monoisotopic (exact) mass is 223 g/mol. The maximum atomic E-state index is 10.9. The zero-order valence-corrected chi connectivity index (χ0v) is 9.26. The van der Waals surface area contributed by atoms with Gasteiger partial charge in [-0.2, -0.15) is 0 Å². The molecule has 1 aromatic carbocycles. The van der Waals surface area contributed by atoms with E-state index in [9.17, 15) is 9.90 Å². The van der Waals surface area contributed by atoms with Gasteiger partial charge < -0.3 is 15.9 Å². The number of nitrogen functional groups attached to an aromatic ring is 1. The van der Waals surface area contributed by atoms with E-state index in [1.165, 1.54) is 0 Å². The molecule has 0 amide bonds. The maximum Gasteiger partial charge on any atom is 0.150 e. The first kappa shape index (κ1) is 12.7. The highest BCUT2D eigenvalue weighted by Gasteiger charge is 2.21. The molecule has 0 saturated carbocycles. The first-order valence-electron chi connectivity index (χ1n) is 5.27. The van der Waals surface area contributed by atoms with Crippen LogP contribution in [0.25, 0.3) is 0 Å². The van der Waals surface area contributed by atoms with Crippen molar-refractivity contribution in [2.24, 2.45) is 0 Å². The third kappa shape index (κ3) is 2.59. The molecule has 0 aliphatic rings. The summed E-state index contributed by atoms with van der Waals surface area (Å²) in [7, 11) is 0. The molecule has 0 heterocycles. The van der Waals surface area contributed by atoms with Crippen molar-refractivity contribution in [3.8, 4) is 0 Å². The van der Waals surface area contributed by atoms with Crippen LogP contribution in [0.15, 0.2) is 18.2 Å². The molecule has 1 rings (SSSR count). The summed E-state index contributed by atoms with van der Waals surface area (Å²) in [5.41, 5.74) is 7.40. The van der Waals surface area contributed by atoms with Gasteiger partial charge in [-0.1, -0.05) is 6.92 Å². The van der Waals surface area contributed by atoms with Crippen molar-refractivity contribution in [3.63, 3.8) is 0 Å². The highest BCUT2D eigenvalue weighted by molar-refractivity contribution is 5.78. The van der Waals surface area contributed by atoms with E-state index in [0.717, 1.165) is 6.29 Å². The van der Waals surface area contributed by atoms with Crippen molar-refractivity contribution >= 4 is 12.0 Å². The van der Waals surface area contributed by atoms with E-state index in [1.54, 1.807) is 18.2 Å². The molecule has 2 unspecified atom stereocenters. The van der Waals surface area contributed by atoms with Crippen LogP contribution in [-0.4, -0.2) is 29.2 Å². The van der Waals surface area contributed by atoms with Crippen LogP contribution >= 0.6 is 0 Å². The van der Waals surface area contributed by atoms with Crippen molar-refractivity contribution in [1.29, 1.82) is 0 Å². The van der Waals surface area contributed by atoms with Gasteiger partial charge in [0.1, 0.15) is 6.29 Å². The summed E-state index contributed by atoms with van der Waals surface area (Å²) in [6.07, 6.45) is 0.499. The SMILES string of the molecule is CCC(c1cc(N)ccc1C=O)C(O)CO. The van der Waals surface area contributed by atoms with E-state index >= 15 is 0 Å². The summed E-state index contributed by atoms with van der Waals surface area (Å²) < 4.78 is 0. The summed E-state index contributed by atoms with van der Waals surface area (Å²) in [6.45, 7) is 1.56. The van der Waals surface area contributed by atoms with Crippen molar-refractivity contribution in [2.75, 3.05) is 12.3 Å². The van der Waals surface area contributed by atoms with E-state index in [0.29, 0.717) is 23.2 Å². The molecule has 0 radical (unpaired) electrons. The Bertz CT molecular complexity index is 365. The highest BCUT2D eigenvalue weighted by Crippen LogP contribution is 2.27. The molecule has 0 saturated heterocycles. The zero-order chi connectivity index (χ0) is 12.1. The van der Waals surface area contributed by atoms with Crippen LogP contribution in [0.5, 0.6) is 0 Å². The van der Waals surface area contributed by atoms with Gasteiger partial charge in [-0.05, 0) is 30.2 Å². The van der Waals surface area contributed by atoms with Crippen LogP contribution in [0, 0.1) is 0 Å². The molecule has 2 atom stereocenters. The fourth-order valence-electron chi connectivity index (χ4n) is 1.85. The Morgan fingerprint density at radius 1 is 1.50 bits per heavy atom. The summed E-state index contributed by atoms with van der Waals surface area (Å²) in [6, 6.07) is 4.95. The lowest BCUT2D eigenvalue weighted by atomic mass is 9.88. The molecule has 0 bridgehead atoms. The number of hydrogen-bond donors (Lipinski definition) is 3. The Labute approximate surface area is 94.7 Å². The van der Waals surface area contributed by atoms with Gasteiger partial charge >= 0.3 is 0 Å². The second-order valence-corrected chi connectivity index (χ2v) is 3.77. The molecule has 1 aromatic rings. The third-order valence-corrected chi connectivity index (χ3v) is 2.73. The number of rotatable bonds is 5. The lowest BCUT2D eigenvalue weighted by Gasteiger charge is -2.22. The number of benzene rings is 1. The summed E-state index contributed by atoms with van der Waals surface area (Å²) in [4.78, 5) is 10.9. The lowest BCUT2D eigenvalue weighted by molar-refractivity contribution is 0.0710. The normalized spacial score (nSPS) is 14.4. The van der Waals surface area contributed by atoms with Gasteiger partial charge in [0.05, 0.1) is 12.7 Å². The van der Waals surface area contributed by atoms with Crippen molar-refractivity contribution < 1.29 is 15.0 Å². The Hall–Kier alpha value is -1.39. The van der Waals surface area contributed by atoms with Gasteiger partial charge in [0.25, 0.3) is 0 Å². The van der Waals surface area contributed by atoms with Gasteiger partial charge in [0.2, 0.25) is 0 Å². The number of aliphatic hydroxyl groups excluding tert-OH is 2. The van der Waals surface area contributed by atoms with Crippen LogP contribution in [0.2, 0.25) is 0 Å². The first-order valence-corrected chi connectivity index (χ1v) is 5.27. The second-order valence-electron chi connectivity index (χ2n) is 3.77. The minimum absolute atomic E-state index is 0.270. The first-order chi connectivity index (χ1) is 7.63. The Morgan fingerprint density at radius 3 is 2.69 bits per heavy atom. The van der Waals surface area contributed by atoms with Crippen LogP contribution in [0.3, 0.4) is 0 Å². The quantitative estimate of drug-likeness (QED) is 0.512. The molecule has 4 nitrogen and oxygen atoms in total. The van der Waals surface area contributed by atoms with E-state index in [-0.39, 0.29) is 12.5 Å². The van der Waals surface area contributed by atoms with E-state index in [4.69, 9.17) is 10.8 Å². The average Bonchev–Trinajstić information content (AvgIpc) is 2.30. The third-order valence-electron chi connectivity index (χ3n) is 2.73. The number of aldehydes is 1. The second kappa shape index (κ2) is 5.63. The van der Waals surface area contributed by atoms with Gasteiger partial charge in [-0.25, -0.2) is 0 Å².